The van der Waals surface area contributed by atoms with Crippen LogP contribution < -0.4 is 0 Å². The Morgan fingerprint density at radius 1 is 0.315 bits per heavy atom. The molecule has 2 aromatic heterocycles. The maximum Gasteiger partial charge on any atom is 0.143 e. The molecular formula is C52H30OS. The van der Waals surface area contributed by atoms with E-state index in [-0.39, 0.29) is 0 Å². The summed E-state index contributed by atoms with van der Waals surface area (Å²) in [7, 11) is 0. The van der Waals surface area contributed by atoms with Crippen LogP contribution in [0, 0.1) is 0 Å². The topological polar surface area (TPSA) is 13.1 Å². The minimum atomic E-state index is 0.912. The van der Waals surface area contributed by atoms with Gasteiger partial charge in [0, 0.05) is 36.3 Å². The second-order valence-electron chi connectivity index (χ2n) is 14.4. The Hall–Kier alpha value is -6.74. The van der Waals surface area contributed by atoms with Crippen LogP contribution in [0.2, 0.25) is 0 Å². The normalized spacial score (nSPS) is 12.1. The fraction of sp³-hybridized carbons (Fsp3) is 0. The van der Waals surface area contributed by atoms with Gasteiger partial charge in [0.25, 0.3) is 0 Å². The van der Waals surface area contributed by atoms with Crippen LogP contribution in [0.3, 0.4) is 0 Å². The molecule has 0 radical (unpaired) electrons. The van der Waals surface area contributed by atoms with E-state index in [0.717, 1.165) is 27.3 Å². The van der Waals surface area contributed by atoms with Gasteiger partial charge in [-0.25, -0.2) is 0 Å². The second kappa shape index (κ2) is 11.4. The zero-order valence-corrected chi connectivity index (χ0v) is 30.0. The summed E-state index contributed by atoms with van der Waals surface area (Å²) < 4.78 is 9.26. The Bertz CT molecular complexity index is 3450. The van der Waals surface area contributed by atoms with Crippen LogP contribution in [0.5, 0.6) is 0 Å². The first kappa shape index (κ1) is 29.8. The van der Waals surface area contributed by atoms with E-state index in [4.69, 9.17) is 4.42 Å². The summed E-state index contributed by atoms with van der Waals surface area (Å²) >= 11 is 1.85. The van der Waals surface area contributed by atoms with Crippen molar-refractivity contribution in [3.63, 3.8) is 0 Å². The van der Waals surface area contributed by atoms with Gasteiger partial charge in [-0.3, -0.25) is 0 Å². The van der Waals surface area contributed by atoms with Gasteiger partial charge in [0.2, 0.25) is 0 Å². The maximum absolute atomic E-state index is 6.65. The molecule has 2 heterocycles. The first-order chi connectivity index (χ1) is 26.8. The Balaban J connectivity index is 1.04. The number of thiophene rings is 1. The third-order valence-electron chi connectivity index (χ3n) is 11.4. The Morgan fingerprint density at radius 2 is 0.963 bits per heavy atom. The lowest BCUT2D eigenvalue weighted by Gasteiger charge is -2.19. The smallest absolute Gasteiger partial charge is 0.143 e. The predicted molar refractivity (Wildman–Crippen MR) is 233 cm³/mol. The van der Waals surface area contributed by atoms with Gasteiger partial charge >= 0.3 is 0 Å². The minimum absolute atomic E-state index is 0.912. The van der Waals surface area contributed by atoms with Crippen LogP contribution in [0.1, 0.15) is 0 Å². The Morgan fingerprint density at radius 3 is 1.78 bits per heavy atom. The van der Waals surface area contributed by atoms with E-state index in [2.05, 4.69) is 182 Å². The number of hydrogen-bond acceptors (Lipinski definition) is 2. The third kappa shape index (κ3) is 4.32. The molecule has 0 atom stereocenters. The van der Waals surface area contributed by atoms with Gasteiger partial charge in [0.1, 0.15) is 11.2 Å². The molecule has 0 saturated carbocycles. The third-order valence-corrected chi connectivity index (χ3v) is 12.6. The molecule has 0 bridgehead atoms. The largest absolute Gasteiger partial charge is 0.455 e. The molecule has 0 unspecified atom stereocenters. The molecule has 0 aliphatic rings. The lowest BCUT2D eigenvalue weighted by molar-refractivity contribution is 0.673. The van der Waals surface area contributed by atoms with Crippen molar-refractivity contribution in [3.05, 3.63) is 182 Å². The molecule has 54 heavy (non-hydrogen) atoms. The molecule has 0 aliphatic carbocycles. The van der Waals surface area contributed by atoms with E-state index >= 15 is 0 Å². The minimum Gasteiger partial charge on any atom is -0.455 e. The summed E-state index contributed by atoms with van der Waals surface area (Å²) in [6.07, 6.45) is 0. The molecule has 0 aliphatic heterocycles. The van der Waals surface area contributed by atoms with Crippen LogP contribution in [0.15, 0.2) is 186 Å². The van der Waals surface area contributed by atoms with Gasteiger partial charge < -0.3 is 4.42 Å². The molecule has 2 heteroatoms. The quantitative estimate of drug-likeness (QED) is 0.167. The summed E-state index contributed by atoms with van der Waals surface area (Å²) in [5.41, 5.74) is 9.25. The van der Waals surface area contributed by atoms with Crippen molar-refractivity contribution in [3.8, 4) is 33.4 Å². The van der Waals surface area contributed by atoms with E-state index in [9.17, 15) is 0 Å². The second-order valence-corrected chi connectivity index (χ2v) is 15.5. The summed E-state index contributed by atoms with van der Waals surface area (Å²) in [6.45, 7) is 0. The van der Waals surface area contributed by atoms with Crippen molar-refractivity contribution >= 4 is 96.5 Å². The fourth-order valence-corrected chi connectivity index (χ4v) is 10.1. The van der Waals surface area contributed by atoms with Crippen LogP contribution in [0.4, 0.5) is 0 Å². The lowest BCUT2D eigenvalue weighted by Crippen LogP contribution is -1.92. The van der Waals surface area contributed by atoms with Gasteiger partial charge in [-0.1, -0.05) is 140 Å². The van der Waals surface area contributed by atoms with Gasteiger partial charge in [-0.15, -0.1) is 11.3 Å². The fourth-order valence-electron chi connectivity index (χ4n) is 8.98. The van der Waals surface area contributed by atoms with Crippen molar-refractivity contribution in [2.75, 3.05) is 0 Å². The Kier molecular flexibility index (Phi) is 6.28. The first-order valence-electron chi connectivity index (χ1n) is 18.5. The molecule has 0 fully saturated rings. The highest BCUT2D eigenvalue weighted by Crippen LogP contribution is 2.46. The summed E-state index contributed by atoms with van der Waals surface area (Å²) in [5, 5.41) is 14.9. The summed E-state index contributed by atoms with van der Waals surface area (Å²) in [6, 6.07) is 66.8. The number of rotatable bonds is 3. The summed E-state index contributed by atoms with van der Waals surface area (Å²) in [5.74, 6) is 0. The van der Waals surface area contributed by atoms with Gasteiger partial charge in [0.05, 0.1) is 0 Å². The van der Waals surface area contributed by atoms with Crippen LogP contribution in [0.25, 0.3) is 119 Å². The van der Waals surface area contributed by atoms with Crippen molar-refractivity contribution in [2.24, 2.45) is 0 Å². The zero-order chi connectivity index (χ0) is 35.3. The standard InChI is InChI=1S/C52H30OS/c1-2-15-36-31(11-1)12-10-21-38(36)51-41-19-5-3-17-39(41)50(40-18-4-6-20-42(40)51)35-14-9-13-32(27-35)33-24-26-47-45(28-33)43-25-23-34-29-46-37-16-7-8-22-48(37)54-49(46)30-44(34)52(43)53-47/h1-30H. The predicted octanol–water partition coefficient (Wildman–Crippen LogP) is 15.6. The van der Waals surface area contributed by atoms with Crippen molar-refractivity contribution < 1.29 is 4.42 Å². The monoisotopic (exact) mass is 702 g/mol. The van der Waals surface area contributed by atoms with Gasteiger partial charge in [-0.05, 0) is 114 Å². The van der Waals surface area contributed by atoms with E-state index in [1.165, 1.54) is 91.3 Å². The highest BCUT2D eigenvalue weighted by Gasteiger charge is 2.19. The van der Waals surface area contributed by atoms with E-state index < -0.39 is 0 Å². The average molecular weight is 703 g/mol. The van der Waals surface area contributed by atoms with Crippen molar-refractivity contribution in [1.82, 2.24) is 0 Å². The molecule has 0 spiro atoms. The zero-order valence-electron chi connectivity index (χ0n) is 29.1. The molecule has 250 valence electrons. The number of benzene rings is 10. The SMILES string of the molecule is c1cc(-c2ccc3oc4c5cc6sc7ccccc7c6cc5ccc4c3c2)cc(-c2c3ccccc3c(-c3cccc4ccccc34)c3ccccc23)c1. The maximum atomic E-state index is 6.65. The molecule has 10 aromatic carbocycles. The lowest BCUT2D eigenvalue weighted by atomic mass is 9.84. The van der Waals surface area contributed by atoms with E-state index in [1.54, 1.807) is 0 Å². The Labute approximate surface area is 314 Å². The van der Waals surface area contributed by atoms with E-state index in [1.807, 2.05) is 11.3 Å². The molecule has 0 amide bonds. The van der Waals surface area contributed by atoms with Crippen molar-refractivity contribution in [1.29, 1.82) is 0 Å². The van der Waals surface area contributed by atoms with Gasteiger partial charge in [0.15, 0.2) is 0 Å². The molecule has 0 saturated heterocycles. The highest BCUT2D eigenvalue weighted by molar-refractivity contribution is 7.25. The molecular weight excluding hydrogens is 673 g/mol. The highest BCUT2D eigenvalue weighted by atomic mass is 32.1. The summed E-state index contributed by atoms with van der Waals surface area (Å²) in [4.78, 5) is 0. The number of hydrogen-bond donors (Lipinski definition) is 0. The molecule has 12 aromatic rings. The van der Waals surface area contributed by atoms with Crippen LogP contribution >= 0.6 is 11.3 Å². The molecule has 12 rings (SSSR count). The van der Waals surface area contributed by atoms with Crippen LogP contribution in [-0.2, 0) is 0 Å². The molecule has 0 N–H and O–H groups in total. The number of fused-ring (bicyclic) bond motifs is 11. The molecule has 1 nitrogen and oxygen atoms in total. The van der Waals surface area contributed by atoms with Crippen LogP contribution in [-0.4, -0.2) is 0 Å². The van der Waals surface area contributed by atoms with E-state index in [0.29, 0.717) is 0 Å². The first-order valence-corrected chi connectivity index (χ1v) is 19.3. The average Bonchev–Trinajstić information content (AvgIpc) is 3.79. The number of furan rings is 1. The van der Waals surface area contributed by atoms with Crippen molar-refractivity contribution in [2.45, 2.75) is 0 Å². The van der Waals surface area contributed by atoms with Gasteiger partial charge in [-0.2, -0.15) is 0 Å².